The summed E-state index contributed by atoms with van der Waals surface area (Å²) in [6.07, 6.45) is 5.61. The number of rotatable bonds is 1. The second-order valence-corrected chi connectivity index (χ2v) is 5.86. The quantitative estimate of drug-likeness (QED) is 0.789. The van der Waals surface area contributed by atoms with Gasteiger partial charge in [-0.15, -0.1) is 0 Å². The lowest BCUT2D eigenvalue weighted by molar-refractivity contribution is 0.0395. The Bertz CT molecular complexity index is 493. The Kier molecular flexibility index (Phi) is 3.46. The highest BCUT2D eigenvalue weighted by molar-refractivity contribution is 6.33. The van der Waals surface area contributed by atoms with Crippen molar-refractivity contribution in [1.29, 1.82) is 0 Å². The number of hydrogen-bond acceptors (Lipinski definition) is 3. The molecule has 2 saturated heterocycles. The number of hydrogen-bond donors (Lipinski definition) is 0. The maximum absolute atomic E-state index is 12.6. The Morgan fingerprint density at radius 1 is 1.47 bits per heavy atom. The second kappa shape index (κ2) is 5.10. The Morgan fingerprint density at radius 3 is 3.11 bits per heavy atom. The minimum absolute atomic E-state index is 0.0113. The summed E-state index contributed by atoms with van der Waals surface area (Å²) in [6, 6.07) is 2.43. The van der Waals surface area contributed by atoms with E-state index in [0.29, 0.717) is 16.6 Å². The van der Waals surface area contributed by atoms with Crippen LogP contribution in [0.1, 0.15) is 30.1 Å². The topological polar surface area (TPSA) is 36.4 Å². The van der Waals surface area contributed by atoms with E-state index < -0.39 is 0 Å². The van der Waals surface area contributed by atoms with Crippen molar-refractivity contribution in [2.24, 2.45) is 0 Å². The van der Waals surface area contributed by atoms with Crippen LogP contribution in [-0.4, -0.2) is 52.4 Å². The molecule has 5 heteroatoms. The highest BCUT2D eigenvalue weighted by atomic mass is 35.5. The molecule has 1 aromatic rings. The van der Waals surface area contributed by atoms with Crippen LogP contribution in [0, 0.1) is 0 Å². The van der Waals surface area contributed by atoms with Crippen molar-refractivity contribution in [3.05, 3.63) is 29.0 Å². The fraction of sp³-hybridized carbons (Fsp3) is 0.571. The van der Waals surface area contributed by atoms with Gasteiger partial charge in [0.1, 0.15) is 0 Å². The second-order valence-electron chi connectivity index (χ2n) is 5.45. The van der Waals surface area contributed by atoms with Crippen molar-refractivity contribution in [2.75, 3.05) is 19.6 Å². The Morgan fingerprint density at radius 2 is 2.32 bits per heavy atom. The Balaban J connectivity index is 1.81. The summed E-state index contributed by atoms with van der Waals surface area (Å²) in [6.45, 7) is 5.06. The Hall–Kier alpha value is -1.13. The average Bonchev–Trinajstić information content (AvgIpc) is 2.84. The van der Waals surface area contributed by atoms with Crippen LogP contribution >= 0.6 is 11.6 Å². The van der Waals surface area contributed by atoms with Gasteiger partial charge in [0.2, 0.25) is 0 Å². The van der Waals surface area contributed by atoms with E-state index in [9.17, 15) is 4.79 Å². The molecule has 19 heavy (non-hydrogen) atoms. The lowest BCUT2D eigenvalue weighted by Gasteiger charge is -2.42. The zero-order valence-corrected chi connectivity index (χ0v) is 11.8. The number of aromatic nitrogens is 1. The third kappa shape index (κ3) is 2.35. The molecule has 2 atom stereocenters. The summed E-state index contributed by atoms with van der Waals surface area (Å²) in [4.78, 5) is 21.1. The van der Waals surface area contributed by atoms with Gasteiger partial charge in [-0.25, -0.2) is 0 Å². The van der Waals surface area contributed by atoms with E-state index >= 15 is 0 Å². The summed E-state index contributed by atoms with van der Waals surface area (Å²) in [5.74, 6) is 0.0113. The summed E-state index contributed by atoms with van der Waals surface area (Å²) in [7, 11) is 0. The lowest BCUT2D eigenvalue weighted by atomic mass is 10.1. The van der Waals surface area contributed by atoms with E-state index in [1.807, 2.05) is 4.90 Å². The maximum Gasteiger partial charge on any atom is 0.257 e. The first-order valence-corrected chi connectivity index (χ1v) is 7.19. The lowest BCUT2D eigenvalue weighted by Crippen LogP contribution is -2.56. The molecule has 4 nitrogen and oxygen atoms in total. The molecule has 0 radical (unpaired) electrons. The summed E-state index contributed by atoms with van der Waals surface area (Å²) < 4.78 is 0. The first-order chi connectivity index (χ1) is 9.16. The minimum Gasteiger partial charge on any atom is -0.333 e. The van der Waals surface area contributed by atoms with E-state index in [1.54, 1.807) is 18.5 Å². The summed E-state index contributed by atoms with van der Waals surface area (Å²) in [5.41, 5.74) is 0.516. The first-order valence-electron chi connectivity index (χ1n) is 6.81. The molecular weight excluding hydrogens is 262 g/mol. The first kappa shape index (κ1) is 12.9. The molecular formula is C14H18ClN3O. The summed E-state index contributed by atoms with van der Waals surface area (Å²) >= 11 is 6.10. The highest BCUT2D eigenvalue weighted by Crippen LogP contribution is 2.26. The summed E-state index contributed by atoms with van der Waals surface area (Å²) in [5, 5.41) is 0.487. The van der Waals surface area contributed by atoms with Crippen molar-refractivity contribution in [3.8, 4) is 0 Å². The molecule has 3 rings (SSSR count). The zero-order valence-electron chi connectivity index (χ0n) is 11.1. The van der Waals surface area contributed by atoms with E-state index in [1.165, 1.54) is 19.4 Å². The van der Waals surface area contributed by atoms with Gasteiger partial charge in [0, 0.05) is 37.6 Å². The predicted octanol–water partition coefficient (Wildman–Crippen LogP) is 2.04. The van der Waals surface area contributed by atoms with E-state index in [-0.39, 0.29) is 11.9 Å². The van der Waals surface area contributed by atoms with E-state index in [4.69, 9.17) is 11.6 Å². The molecule has 2 fully saturated rings. The fourth-order valence-electron chi connectivity index (χ4n) is 3.16. The van der Waals surface area contributed by atoms with Gasteiger partial charge in [-0.05, 0) is 32.4 Å². The van der Waals surface area contributed by atoms with Crippen LogP contribution in [0.3, 0.4) is 0 Å². The van der Waals surface area contributed by atoms with Crippen molar-refractivity contribution < 1.29 is 4.79 Å². The number of amides is 1. The van der Waals surface area contributed by atoms with Gasteiger partial charge in [0.25, 0.3) is 5.91 Å². The van der Waals surface area contributed by atoms with Gasteiger partial charge >= 0.3 is 0 Å². The zero-order chi connectivity index (χ0) is 13.4. The fourth-order valence-corrected chi connectivity index (χ4v) is 3.35. The maximum atomic E-state index is 12.6. The van der Waals surface area contributed by atoms with Crippen LogP contribution in [0.15, 0.2) is 18.5 Å². The van der Waals surface area contributed by atoms with E-state index in [0.717, 1.165) is 13.1 Å². The minimum atomic E-state index is 0.0113. The van der Waals surface area contributed by atoms with Crippen LogP contribution < -0.4 is 0 Å². The van der Waals surface area contributed by atoms with Crippen molar-refractivity contribution >= 4 is 17.5 Å². The average molecular weight is 280 g/mol. The van der Waals surface area contributed by atoms with Gasteiger partial charge in [0.15, 0.2) is 0 Å². The van der Waals surface area contributed by atoms with Gasteiger partial charge in [-0.3, -0.25) is 14.7 Å². The Labute approximate surface area is 118 Å². The van der Waals surface area contributed by atoms with Crippen LogP contribution in [0.2, 0.25) is 5.02 Å². The number of pyridine rings is 1. The normalized spacial score (nSPS) is 27.4. The molecule has 0 N–H and O–H groups in total. The number of carbonyl (C=O) groups is 1. The standard InChI is InChI=1S/C14H18ClN3O/c1-10-8-17-6-2-3-11(17)9-18(10)14(19)12-7-16-5-4-13(12)15/h4-5,7,10-11H,2-3,6,8-9H2,1H3. The predicted molar refractivity (Wildman–Crippen MR) is 74.3 cm³/mol. The van der Waals surface area contributed by atoms with Crippen LogP contribution in [0.5, 0.6) is 0 Å². The molecule has 3 heterocycles. The number of fused-ring (bicyclic) bond motifs is 1. The highest BCUT2D eigenvalue weighted by Gasteiger charge is 2.37. The molecule has 2 unspecified atom stereocenters. The molecule has 0 spiro atoms. The van der Waals surface area contributed by atoms with Crippen LogP contribution in [-0.2, 0) is 0 Å². The third-order valence-electron chi connectivity index (χ3n) is 4.20. The largest absolute Gasteiger partial charge is 0.333 e. The molecule has 1 amide bonds. The number of piperazine rings is 1. The monoisotopic (exact) mass is 279 g/mol. The van der Waals surface area contributed by atoms with Crippen molar-refractivity contribution in [2.45, 2.75) is 31.8 Å². The SMILES string of the molecule is CC1CN2CCCC2CN1C(=O)c1cnccc1Cl. The molecule has 2 aliphatic rings. The van der Waals surface area contributed by atoms with Crippen LogP contribution in [0.4, 0.5) is 0 Å². The van der Waals surface area contributed by atoms with Crippen molar-refractivity contribution in [1.82, 2.24) is 14.8 Å². The van der Waals surface area contributed by atoms with Gasteiger partial charge in [0.05, 0.1) is 10.6 Å². The van der Waals surface area contributed by atoms with Gasteiger partial charge in [-0.1, -0.05) is 11.6 Å². The number of carbonyl (C=O) groups excluding carboxylic acids is 1. The van der Waals surface area contributed by atoms with Gasteiger partial charge < -0.3 is 4.90 Å². The molecule has 0 aliphatic carbocycles. The number of nitrogens with zero attached hydrogens (tertiary/aromatic N) is 3. The van der Waals surface area contributed by atoms with Crippen LogP contribution in [0.25, 0.3) is 0 Å². The molecule has 2 aliphatic heterocycles. The molecule has 0 aromatic carbocycles. The molecule has 102 valence electrons. The van der Waals surface area contributed by atoms with E-state index in [2.05, 4.69) is 16.8 Å². The van der Waals surface area contributed by atoms with Crippen molar-refractivity contribution in [3.63, 3.8) is 0 Å². The number of halogens is 1. The molecule has 1 aromatic heterocycles. The third-order valence-corrected chi connectivity index (χ3v) is 4.53. The smallest absolute Gasteiger partial charge is 0.257 e. The molecule has 0 bridgehead atoms. The van der Waals surface area contributed by atoms with Gasteiger partial charge in [-0.2, -0.15) is 0 Å². The molecule has 0 saturated carbocycles.